The van der Waals surface area contributed by atoms with E-state index in [1.54, 1.807) is 18.2 Å². The van der Waals surface area contributed by atoms with Gasteiger partial charge >= 0.3 is 5.97 Å². The van der Waals surface area contributed by atoms with E-state index < -0.39 is 37.0 Å². The molecule has 0 aliphatic rings. The molecule has 0 aliphatic carbocycles. The molecule has 0 aliphatic heterocycles. The zero-order chi connectivity index (χ0) is 14.7. The number of nitrogens with one attached hydrogen (secondary N) is 1. The summed E-state index contributed by atoms with van der Waals surface area (Å²) in [5.41, 5.74) is 0.215. The Labute approximate surface area is 111 Å². The molecule has 0 saturated carbocycles. The Balaban J connectivity index is 3.02. The number of sulfonamides is 1. The van der Waals surface area contributed by atoms with Crippen molar-refractivity contribution in [2.45, 2.75) is 6.04 Å². The molecule has 0 bridgehead atoms. The second-order valence-corrected chi connectivity index (χ2v) is 8.22. The molecular weight excluding hydrogens is 294 g/mol. The first-order chi connectivity index (χ1) is 8.61. The fourth-order valence-electron chi connectivity index (χ4n) is 1.40. The molecule has 0 amide bonds. The van der Waals surface area contributed by atoms with E-state index in [-0.39, 0.29) is 5.56 Å². The van der Waals surface area contributed by atoms with Gasteiger partial charge in [-0.2, -0.15) is 4.72 Å². The zero-order valence-electron chi connectivity index (χ0n) is 9.98. The number of carbonyl (C=O) groups is 1. The third-order valence-electron chi connectivity index (χ3n) is 2.05. The van der Waals surface area contributed by atoms with Gasteiger partial charge in [-0.25, -0.2) is 16.8 Å². The van der Waals surface area contributed by atoms with Gasteiger partial charge in [0.1, 0.15) is 6.04 Å². The smallest absolute Gasteiger partial charge is 0.326 e. The van der Waals surface area contributed by atoms with E-state index in [0.29, 0.717) is 0 Å². The van der Waals surface area contributed by atoms with Crippen LogP contribution in [0.2, 0.25) is 0 Å². The van der Waals surface area contributed by atoms with Crippen molar-refractivity contribution in [1.82, 2.24) is 4.72 Å². The molecule has 7 nitrogen and oxygen atoms in total. The van der Waals surface area contributed by atoms with Gasteiger partial charge in [0.15, 0.2) is 14.9 Å². The summed E-state index contributed by atoms with van der Waals surface area (Å²) in [6, 6.07) is 6.09. The van der Waals surface area contributed by atoms with Crippen molar-refractivity contribution in [2.75, 3.05) is 11.3 Å². The van der Waals surface area contributed by atoms with Crippen molar-refractivity contribution >= 4 is 25.8 Å². The van der Waals surface area contributed by atoms with Gasteiger partial charge in [0, 0.05) is 6.26 Å². The molecule has 9 heteroatoms. The molecule has 106 valence electrons. The van der Waals surface area contributed by atoms with E-state index in [4.69, 9.17) is 5.11 Å². The second-order valence-electron chi connectivity index (χ2n) is 3.96. The largest absolute Gasteiger partial charge is 0.480 e. The van der Waals surface area contributed by atoms with Gasteiger partial charge in [-0.3, -0.25) is 4.79 Å². The molecule has 0 spiro atoms. The minimum Gasteiger partial charge on any atom is -0.480 e. The first kappa shape index (κ1) is 15.6. The quantitative estimate of drug-likeness (QED) is 0.747. The predicted molar refractivity (Wildman–Crippen MR) is 68.6 cm³/mol. The van der Waals surface area contributed by atoms with E-state index in [2.05, 4.69) is 0 Å². The van der Waals surface area contributed by atoms with E-state index in [0.717, 1.165) is 6.26 Å². The van der Waals surface area contributed by atoms with Crippen LogP contribution in [0.1, 0.15) is 11.6 Å². The maximum atomic E-state index is 11.6. The van der Waals surface area contributed by atoms with Crippen molar-refractivity contribution in [2.24, 2.45) is 0 Å². The highest BCUT2D eigenvalue weighted by Gasteiger charge is 2.27. The van der Waals surface area contributed by atoms with E-state index >= 15 is 0 Å². The van der Waals surface area contributed by atoms with Crippen LogP contribution in [0.3, 0.4) is 0 Å². The molecule has 0 saturated heterocycles. The average molecular weight is 307 g/mol. The van der Waals surface area contributed by atoms with Crippen molar-refractivity contribution in [3.8, 4) is 0 Å². The monoisotopic (exact) mass is 307 g/mol. The number of carboxylic acid groups (broad SMARTS) is 1. The molecule has 0 fully saturated rings. The minimum absolute atomic E-state index is 0.215. The van der Waals surface area contributed by atoms with Gasteiger partial charge < -0.3 is 5.11 Å². The van der Waals surface area contributed by atoms with E-state index in [1.807, 2.05) is 4.72 Å². The summed E-state index contributed by atoms with van der Waals surface area (Å²) in [5.74, 6) is -1.41. The molecule has 1 rings (SSSR count). The van der Waals surface area contributed by atoms with E-state index in [1.165, 1.54) is 12.1 Å². The normalized spacial score (nSPS) is 13.9. The van der Waals surface area contributed by atoms with Crippen molar-refractivity contribution in [3.63, 3.8) is 0 Å². The minimum atomic E-state index is -4.25. The second kappa shape index (κ2) is 5.68. The topological polar surface area (TPSA) is 118 Å². The highest BCUT2D eigenvalue weighted by molar-refractivity contribution is 8.06. The summed E-state index contributed by atoms with van der Waals surface area (Å²) in [6.07, 6.45) is 0.754. The van der Waals surface area contributed by atoms with Crippen molar-refractivity contribution in [1.29, 1.82) is 0 Å². The van der Waals surface area contributed by atoms with E-state index in [9.17, 15) is 21.6 Å². The third kappa shape index (κ3) is 5.37. The number of rotatable bonds is 6. The lowest BCUT2D eigenvalue weighted by molar-refractivity contribution is -0.139. The van der Waals surface area contributed by atoms with Gasteiger partial charge in [0.05, 0.1) is 0 Å². The molecule has 0 radical (unpaired) electrons. The SMILES string of the molecule is CS(=O)(=O)CS(=O)(=O)N[C@@H](C(=O)O)c1ccccc1. The maximum Gasteiger partial charge on any atom is 0.326 e. The van der Waals surface area contributed by atoms with Crippen LogP contribution in [-0.4, -0.2) is 39.3 Å². The van der Waals surface area contributed by atoms with Gasteiger partial charge in [-0.05, 0) is 5.56 Å². The summed E-state index contributed by atoms with van der Waals surface area (Å²) in [7, 11) is -8.03. The molecule has 2 N–H and O–H groups in total. The first-order valence-electron chi connectivity index (χ1n) is 5.06. The number of hydrogen-bond acceptors (Lipinski definition) is 5. The van der Waals surface area contributed by atoms with Gasteiger partial charge in [0.2, 0.25) is 10.0 Å². The van der Waals surface area contributed by atoms with Crippen LogP contribution in [0.15, 0.2) is 30.3 Å². The Morgan fingerprint density at radius 1 is 1.21 bits per heavy atom. The zero-order valence-corrected chi connectivity index (χ0v) is 11.6. The highest BCUT2D eigenvalue weighted by Crippen LogP contribution is 2.14. The Hall–Kier alpha value is -1.45. The van der Waals surface area contributed by atoms with Gasteiger partial charge in [-0.1, -0.05) is 30.3 Å². The standard InChI is InChI=1S/C10H13NO6S2/c1-18(14,15)7-19(16,17)11-9(10(12)13)8-5-3-2-4-6-8/h2-6,9,11H,7H2,1H3,(H,12,13)/t9-/m1/s1. The lowest BCUT2D eigenvalue weighted by atomic mass is 10.1. The lowest BCUT2D eigenvalue weighted by Gasteiger charge is -2.14. The summed E-state index contributed by atoms with van der Waals surface area (Å²) >= 11 is 0. The Morgan fingerprint density at radius 2 is 1.74 bits per heavy atom. The van der Waals surface area contributed by atoms with Crippen LogP contribution in [0.25, 0.3) is 0 Å². The fraction of sp³-hybridized carbons (Fsp3) is 0.300. The van der Waals surface area contributed by atoms with Crippen LogP contribution in [0, 0.1) is 0 Å². The molecule has 1 atom stereocenters. The summed E-state index contributed by atoms with van der Waals surface area (Å²) in [6.45, 7) is 0. The van der Waals surface area contributed by atoms with Crippen LogP contribution in [-0.2, 0) is 24.7 Å². The summed E-state index contributed by atoms with van der Waals surface area (Å²) in [4.78, 5) is 11.1. The van der Waals surface area contributed by atoms with Gasteiger partial charge in [0.25, 0.3) is 0 Å². The molecule has 0 aromatic heterocycles. The molecule has 19 heavy (non-hydrogen) atoms. The third-order valence-corrected chi connectivity index (χ3v) is 5.60. The lowest BCUT2D eigenvalue weighted by Crippen LogP contribution is -2.36. The molecule has 0 unspecified atom stereocenters. The summed E-state index contributed by atoms with van der Waals surface area (Å²) in [5, 5.41) is 7.86. The predicted octanol–water partition coefficient (Wildman–Crippen LogP) is -0.266. The number of sulfone groups is 1. The average Bonchev–Trinajstić information content (AvgIpc) is 2.23. The number of aliphatic carboxylic acids is 1. The van der Waals surface area contributed by atoms with Crippen LogP contribution in [0.4, 0.5) is 0 Å². The van der Waals surface area contributed by atoms with Crippen LogP contribution >= 0.6 is 0 Å². The molecule has 1 aromatic carbocycles. The Kier molecular flexibility index (Phi) is 4.66. The Morgan fingerprint density at radius 3 is 2.16 bits per heavy atom. The maximum absolute atomic E-state index is 11.6. The van der Waals surface area contributed by atoms with Gasteiger partial charge in [-0.15, -0.1) is 0 Å². The molecule has 0 heterocycles. The van der Waals surface area contributed by atoms with Crippen molar-refractivity contribution < 1.29 is 26.7 Å². The number of hydrogen-bond donors (Lipinski definition) is 2. The summed E-state index contributed by atoms with van der Waals surface area (Å²) < 4.78 is 47.0. The fourth-order valence-corrected chi connectivity index (χ4v) is 4.52. The number of benzene rings is 1. The highest BCUT2D eigenvalue weighted by atomic mass is 32.3. The first-order valence-corrected chi connectivity index (χ1v) is 8.77. The number of carboxylic acids is 1. The molecule has 1 aromatic rings. The van der Waals surface area contributed by atoms with Crippen LogP contribution < -0.4 is 4.72 Å². The van der Waals surface area contributed by atoms with Crippen LogP contribution in [0.5, 0.6) is 0 Å². The van der Waals surface area contributed by atoms with Crippen molar-refractivity contribution in [3.05, 3.63) is 35.9 Å². The molecular formula is C10H13NO6S2. The Bertz CT molecular complexity index is 651.